The summed E-state index contributed by atoms with van der Waals surface area (Å²) in [5.74, 6) is -0.297. The van der Waals surface area contributed by atoms with Crippen molar-refractivity contribution < 1.29 is 12.8 Å². The highest BCUT2D eigenvalue weighted by molar-refractivity contribution is 7.89. The molecule has 134 valence electrons. The Morgan fingerprint density at radius 2 is 1.52 bits per heavy atom. The van der Waals surface area contributed by atoms with Crippen LogP contribution in [-0.2, 0) is 10.0 Å². The molecule has 4 nitrogen and oxygen atoms in total. The first kappa shape index (κ1) is 18.2. The van der Waals surface area contributed by atoms with E-state index in [-0.39, 0.29) is 22.8 Å². The van der Waals surface area contributed by atoms with Gasteiger partial charge in [-0.1, -0.05) is 24.4 Å². The first-order valence-corrected chi connectivity index (χ1v) is 10.1. The second-order valence-electron chi connectivity index (χ2n) is 6.22. The fourth-order valence-corrected chi connectivity index (χ4v) is 4.52. The number of benzene rings is 2. The second-order valence-corrected chi connectivity index (χ2v) is 8.37. The monoisotopic (exact) mass is 382 g/mol. The number of nitrogens with one attached hydrogen (secondary N) is 2. The van der Waals surface area contributed by atoms with E-state index in [1.54, 1.807) is 24.3 Å². The minimum atomic E-state index is -3.62. The van der Waals surface area contributed by atoms with Crippen LogP contribution in [0.5, 0.6) is 0 Å². The molecular weight excluding hydrogens is 363 g/mol. The smallest absolute Gasteiger partial charge is 0.240 e. The van der Waals surface area contributed by atoms with E-state index >= 15 is 0 Å². The topological polar surface area (TPSA) is 58.2 Å². The molecule has 0 saturated heterocycles. The van der Waals surface area contributed by atoms with E-state index in [1.807, 2.05) is 0 Å². The number of rotatable bonds is 5. The first-order chi connectivity index (χ1) is 11.9. The molecule has 2 aromatic carbocycles. The third-order valence-corrected chi connectivity index (χ3v) is 6.15. The van der Waals surface area contributed by atoms with Gasteiger partial charge in [0.1, 0.15) is 5.82 Å². The summed E-state index contributed by atoms with van der Waals surface area (Å²) >= 11 is 5.83. The summed E-state index contributed by atoms with van der Waals surface area (Å²) < 4.78 is 41.1. The molecule has 1 aliphatic rings. The van der Waals surface area contributed by atoms with E-state index < -0.39 is 10.0 Å². The fraction of sp³-hybridized carbons (Fsp3) is 0.333. The summed E-state index contributed by atoms with van der Waals surface area (Å²) in [6.45, 7) is 0. The molecule has 0 radical (unpaired) electrons. The fourth-order valence-electron chi connectivity index (χ4n) is 3.09. The Morgan fingerprint density at radius 1 is 0.920 bits per heavy atom. The Bertz CT molecular complexity index is 810. The Hall–Kier alpha value is -1.63. The van der Waals surface area contributed by atoms with Gasteiger partial charge in [0.05, 0.1) is 4.90 Å². The minimum Gasteiger partial charge on any atom is -0.381 e. The lowest BCUT2D eigenvalue weighted by molar-refractivity contribution is 0.378. The molecule has 0 unspecified atom stereocenters. The van der Waals surface area contributed by atoms with Crippen LogP contribution in [0.25, 0.3) is 0 Å². The van der Waals surface area contributed by atoms with E-state index in [2.05, 4.69) is 10.0 Å². The van der Waals surface area contributed by atoms with Gasteiger partial charge >= 0.3 is 0 Å². The van der Waals surface area contributed by atoms with Crippen molar-refractivity contribution in [2.45, 2.75) is 42.7 Å². The molecule has 0 bridgehead atoms. The van der Waals surface area contributed by atoms with E-state index in [0.717, 1.165) is 31.4 Å². The highest BCUT2D eigenvalue weighted by Gasteiger charge is 2.29. The summed E-state index contributed by atoms with van der Waals surface area (Å²) in [5, 5.41) is 3.82. The van der Waals surface area contributed by atoms with Crippen LogP contribution >= 0.6 is 11.6 Å². The van der Waals surface area contributed by atoms with Crippen molar-refractivity contribution in [1.29, 1.82) is 0 Å². The number of sulfonamides is 1. The summed E-state index contributed by atoms with van der Waals surface area (Å²) in [4.78, 5) is 0.197. The summed E-state index contributed by atoms with van der Waals surface area (Å²) in [7, 11) is -3.62. The SMILES string of the molecule is O=S(=O)(N[C@H]1CCCC[C@H]1Nc1ccc(F)cc1)c1ccc(Cl)cc1. The molecule has 1 fully saturated rings. The van der Waals surface area contributed by atoms with Crippen molar-refractivity contribution in [2.24, 2.45) is 0 Å². The first-order valence-electron chi connectivity index (χ1n) is 8.24. The molecular formula is C18H20ClFN2O2S. The van der Waals surface area contributed by atoms with Gasteiger partial charge in [0.2, 0.25) is 10.0 Å². The molecule has 0 aliphatic heterocycles. The summed E-state index contributed by atoms with van der Waals surface area (Å²) in [6.07, 6.45) is 3.60. The molecule has 25 heavy (non-hydrogen) atoms. The van der Waals surface area contributed by atoms with Crippen LogP contribution in [0.4, 0.5) is 10.1 Å². The van der Waals surface area contributed by atoms with Gasteiger partial charge in [0, 0.05) is 22.8 Å². The lowest BCUT2D eigenvalue weighted by Crippen LogP contribution is -2.48. The van der Waals surface area contributed by atoms with Gasteiger partial charge < -0.3 is 5.32 Å². The maximum atomic E-state index is 13.1. The van der Waals surface area contributed by atoms with Crippen LogP contribution in [0.3, 0.4) is 0 Å². The van der Waals surface area contributed by atoms with Gasteiger partial charge in [0.15, 0.2) is 0 Å². The maximum absolute atomic E-state index is 13.1. The van der Waals surface area contributed by atoms with Crippen LogP contribution in [0.2, 0.25) is 5.02 Å². The van der Waals surface area contributed by atoms with Gasteiger partial charge in [-0.05, 0) is 61.4 Å². The Morgan fingerprint density at radius 3 is 2.16 bits per heavy atom. The predicted octanol–water partition coefficient (Wildman–Crippen LogP) is 4.18. The molecule has 0 amide bonds. The van der Waals surface area contributed by atoms with Gasteiger partial charge in [-0.15, -0.1) is 0 Å². The van der Waals surface area contributed by atoms with Crippen LogP contribution in [0, 0.1) is 5.82 Å². The zero-order valence-corrected chi connectivity index (χ0v) is 15.2. The molecule has 0 spiro atoms. The number of halogens is 2. The zero-order valence-electron chi connectivity index (χ0n) is 13.6. The van der Waals surface area contributed by atoms with Crippen molar-refractivity contribution in [1.82, 2.24) is 4.72 Å². The molecule has 1 aliphatic carbocycles. The molecule has 0 heterocycles. The average molecular weight is 383 g/mol. The third kappa shape index (κ3) is 4.71. The van der Waals surface area contributed by atoms with Crippen LogP contribution < -0.4 is 10.0 Å². The average Bonchev–Trinajstić information content (AvgIpc) is 2.59. The van der Waals surface area contributed by atoms with Gasteiger partial charge in [-0.2, -0.15) is 0 Å². The Balaban J connectivity index is 1.74. The van der Waals surface area contributed by atoms with Crippen molar-refractivity contribution in [2.75, 3.05) is 5.32 Å². The number of anilines is 1. The Kier molecular flexibility index (Phi) is 5.61. The molecule has 7 heteroatoms. The summed E-state index contributed by atoms with van der Waals surface area (Å²) in [5.41, 5.74) is 0.781. The van der Waals surface area contributed by atoms with E-state index in [0.29, 0.717) is 5.02 Å². The van der Waals surface area contributed by atoms with Gasteiger partial charge in [0.25, 0.3) is 0 Å². The highest BCUT2D eigenvalue weighted by Crippen LogP contribution is 2.24. The zero-order chi connectivity index (χ0) is 17.9. The lowest BCUT2D eigenvalue weighted by atomic mass is 9.91. The molecule has 2 atom stereocenters. The van der Waals surface area contributed by atoms with E-state index in [1.165, 1.54) is 24.3 Å². The van der Waals surface area contributed by atoms with Crippen molar-refractivity contribution in [3.63, 3.8) is 0 Å². The second kappa shape index (κ2) is 7.72. The van der Waals surface area contributed by atoms with E-state index in [9.17, 15) is 12.8 Å². The standard InChI is InChI=1S/C18H20ClFN2O2S/c19-13-5-11-16(12-6-13)25(23,24)22-18-4-2-1-3-17(18)21-15-9-7-14(20)8-10-15/h5-12,17-18,21-22H,1-4H2/t17-,18+/m1/s1. The normalized spacial score (nSPS) is 21.0. The molecule has 3 rings (SSSR count). The van der Waals surface area contributed by atoms with Gasteiger partial charge in [-0.3, -0.25) is 0 Å². The van der Waals surface area contributed by atoms with E-state index in [4.69, 9.17) is 11.6 Å². The summed E-state index contributed by atoms with van der Waals surface area (Å²) in [6, 6.07) is 11.9. The highest BCUT2D eigenvalue weighted by atomic mass is 35.5. The third-order valence-electron chi connectivity index (χ3n) is 4.39. The molecule has 2 N–H and O–H groups in total. The predicted molar refractivity (Wildman–Crippen MR) is 97.8 cm³/mol. The van der Waals surface area contributed by atoms with Crippen LogP contribution in [-0.4, -0.2) is 20.5 Å². The Labute approximate surface area is 152 Å². The van der Waals surface area contributed by atoms with Gasteiger partial charge in [-0.25, -0.2) is 17.5 Å². The number of hydrogen-bond donors (Lipinski definition) is 2. The van der Waals surface area contributed by atoms with Crippen LogP contribution in [0.15, 0.2) is 53.4 Å². The quantitative estimate of drug-likeness (QED) is 0.815. The van der Waals surface area contributed by atoms with Crippen molar-refractivity contribution >= 4 is 27.3 Å². The van der Waals surface area contributed by atoms with Crippen molar-refractivity contribution in [3.8, 4) is 0 Å². The van der Waals surface area contributed by atoms with Crippen LogP contribution in [0.1, 0.15) is 25.7 Å². The minimum absolute atomic E-state index is 0.0405. The lowest BCUT2D eigenvalue weighted by Gasteiger charge is -2.33. The largest absolute Gasteiger partial charge is 0.381 e. The molecule has 2 aromatic rings. The molecule has 0 aromatic heterocycles. The number of hydrogen-bond acceptors (Lipinski definition) is 3. The maximum Gasteiger partial charge on any atom is 0.240 e. The molecule has 1 saturated carbocycles. The van der Waals surface area contributed by atoms with Crippen molar-refractivity contribution in [3.05, 3.63) is 59.4 Å².